The van der Waals surface area contributed by atoms with Crippen LogP contribution in [-0.4, -0.2) is 0 Å². The third-order valence-electron chi connectivity index (χ3n) is 10.8. The van der Waals surface area contributed by atoms with E-state index in [0.717, 1.165) is 6.42 Å². The Balaban J connectivity index is 1.34. The molecule has 1 nitrogen and oxygen atoms in total. The number of nitrogens with zero attached hydrogens (tertiary/aromatic N) is 1. The van der Waals surface area contributed by atoms with Gasteiger partial charge in [-0.05, 0) is 104 Å². The molecule has 3 aliphatic rings. The van der Waals surface area contributed by atoms with Crippen LogP contribution in [0.1, 0.15) is 76.8 Å². The molecule has 0 radical (unpaired) electrons. The largest absolute Gasteiger partial charge is 0.198 e. The van der Waals surface area contributed by atoms with E-state index < -0.39 is 5.41 Å². The summed E-state index contributed by atoms with van der Waals surface area (Å²) < 4.78 is 0. The summed E-state index contributed by atoms with van der Waals surface area (Å²) >= 11 is 0. The Kier molecular flexibility index (Phi) is 4.59. The van der Waals surface area contributed by atoms with E-state index in [0.29, 0.717) is 11.8 Å². The van der Waals surface area contributed by atoms with Crippen molar-refractivity contribution in [2.75, 3.05) is 0 Å². The molecule has 0 N–H and O–H groups in total. The molecule has 0 fully saturated rings. The zero-order valence-corrected chi connectivity index (χ0v) is 23.4. The first-order valence-corrected chi connectivity index (χ1v) is 15.0. The minimum Gasteiger partial charge on any atom is -0.198 e. The molecular formula is C40H31N. The normalized spacial score (nSPS) is 24.0. The van der Waals surface area contributed by atoms with Crippen LogP contribution in [0.4, 0.5) is 0 Å². The fraction of sp³-hybridized carbons (Fsp3) is 0.225. The minimum atomic E-state index is -0.510. The molecule has 3 aliphatic carbocycles. The van der Waals surface area contributed by atoms with E-state index in [-0.39, 0.29) is 17.8 Å². The van der Waals surface area contributed by atoms with E-state index in [4.69, 9.17) is 0 Å². The predicted molar refractivity (Wildman–Crippen MR) is 169 cm³/mol. The average Bonchev–Trinajstić information content (AvgIpc) is 3.65. The lowest BCUT2D eigenvalue weighted by Crippen LogP contribution is -2.29. The summed E-state index contributed by atoms with van der Waals surface area (Å²) in [5, 5.41) is 18.9. The molecule has 0 heterocycles. The van der Waals surface area contributed by atoms with Crippen LogP contribution in [0.5, 0.6) is 0 Å². The predicted octanol–water partition coefficient (Wildman–Crippen LogP) is 10.1. The fourth-order valence-electron chi connectivity index (χ4n) is 9.44. The zero-order valence-electron chi connectivity index (χ0n) is 23.4. The van der Waals surface area contributed by atoms with Crippen LogP contribution in [0.3, 0.4) is 0 Å². The van der Waals surface area contributed by atoms with Crippen molar-refractivity contribution in [3.8, 4) is 6.07 Å². The summed E-state index contributed by atoms with van der Waals surface area (Å²) in [7, 11) is 0. The maximum absolute atomic E-state index is 10.6. The molecule has 0 spiro atoms. The molecule has 0 unspecified atom stereocenters. The topological polar surface area (TPSA) is 23.8 Å². The third kappa shape index (κ3) is 2.95. The van der Waals surface area contributed by atoms with Gasteiger partial charge in [0.05, 0.1) is 11.5 Å². The Morgan fingerprint density at radius 1 is 0.537 bits per heavy atom. The Labute approximate surface area is 241 Å². The van der Waals surface area contributed by atoms with Crippen LogP contribution in [0, 0.1) is 16.7 Å². The number of benzene rings is 6. The summed E-state index contributed by atoms with van der Waals surface area (Å²) in [6, 6.07) is 44.0. The molecular weight excluding hydrogens is 494 g/mol. The molecule has 1 heteroatoms. The number of nitriles is 1. The highest BCUT2D eigenvalue weighted by atomic mass is 14.6. The molecule has 196 valence electrons. The van der Waals surface area contributed by atoms with Gasteiger partial charge in [-0.1, -0.05) is 109 Å². The SMILES string of the molecule is CC(C)(C#N)[C@H]1c2cccc3cccc(c23)[C@@H]1[C@H]1c2cccc3cccc(c23)[C@@H]1[C@H]1Cc2cccc3cccc1c23. The Morgan fingerprint density at radius 3 is 1.61 bits per heavy atom. The Morgan fingerprint density at radius 2 is 1.00 bits per heavy atom. The molecule has 6 aromatic rings. The van der Waals surface area contributed by atoms with Gasteiger partial charge >= 0.3 is 0 Å². The summed E-state index contributed by atoms with van der Waals surface area (Å²) in [4.78, 5) is 0. The molecule has 0 bridgehead atoms. The molecule has 41 heavy (non-hydrogen) atoms. The van der Waals surface area contributed by atoms with E-state index in [1.165, 1.54) is 65.7 Å². The zero-order chi connectivity index (χ0) is 27.5. The highest BCUT2D eigenvalue weighted by Crippen LogP contribution is 2.67. The van der Waals surface area contributed by atoms with Crippen molar-refractivity contribution in [2.45, 2.75) is 49.9 Å². The molecule has 5 atom stereocenters. The van der Waals surface area contributed by atoms with E-state index in [1.807, 2.05) is 0 Å². The van der Waals surface area contributed by atoms with Crippen LogP contribution in [-0.2, 0) is 6.42 Å². The van der Waals surface area contributed by atoms with Gasteiger partial charge in [0, 0.05) is 11.8 Å². The molecule has 9 rings (SSSR count). The summed E-state index contributed by atoms with van der Waals surface area (Å²) in [5.74, 6) is 1.34. The van der Waals surface area contributed by atoms with Gasteiger partial charge in [0.15, 0.2) is 0 Å². The van der Waals surface area contributed by atoms with Gasteiger partial charge in [0.1, 0.15) is 0 Å². The van der Waals surface area contributed by atoms with E-state index >= 15 is 0 Å². The van der Waals surface area contributed by atoms with Crippen molar-refractivity contribution < 1.29 is 0 Å². The van der Waals surface area contributed by atoms with Gasteiger partial charge in [0.25, 0.3) is 0 Å². The maximum Gasteiger partial charge on any atom is 0.0690 e. The number of hydrogen-bond acceptors (Lipinski definition) is 1. The maximum atomic E-state index is 10.6. The van der Waals surface area contributed by atoms with Gasteiger partial charge in [-0.25, -0.2) is 0 Å². The highest BCUT2D eigenvalue weighted by molar-refractivity contribution is 5.97. The van der Waals surface area contributed by atoms with Crippen molar-refractivity contribution in [1.82, 2.24) is 0 Å². The van der Waals surface area contributed by atoms with Crippen LogP contribution in [0.15, 0.2) is 109 Å². The summed E-state index contributed by atoms with van der Waals surface area (Å²) in [6.45, 7) is 4.33. The first-order valence-electron chi connectivity index (χ1n) is 15.0. The van der Waals surface area contributed by atoms with Crippen LogP contribution in [0.25, 0.3) is 32.3 Å². The highest BCUT2D eigenvalue weighted by Gasteiger charge is 2.53. The minimum absolute atomic E-state index is 0.116. The van der Waals surface area contributed by atoms with E-state index in [1.54, 1.807) is 0 Å². The van der Waals surface area contributed by atoms with Gasteiger partial charge in [0.2, 0.25) is 0 Å². The first-order chi connectivity index (χ1) is 20.1. The smallest absolute Gasteiger partial charge is 0.0690 e. The molecule has 0 aliphatic heterocycles. The number of rotatable bonds is 3. The second-order valence-corrected chi connectivity index (χ2v) is 13.1. The average molecular weight is 526 g/mol. The molecule has 0 saturated carbocycles. The quantitative estimate of drug-likeness (QED) is 0.225. The monoisotopic (exact) mass is 525 g/mol. The molecule has 6 aromatic carbocycles. The van der Waals surface area contributed by atoms with Crippen LogP contribution < -0.4 is 0 Å². The van der Waals surface area contributed by atoms with Crippen molar-refractivity contribution >= 4 is 32.3 Å². The lowest BCUT2D eigenvalue weighted by molar-refractivity contribution is 0.287. The van der Waals surface area contributed by atoms with Crippen molar-refractivity contribution in [2.24, 2.45) is 5.41 Å². The molecule has 0 aromatic heterocycles. The molecule has 0 saturated heterocycles. The number of hydrogen-bond donors (Lipinski definition) is 0. The van der Waals surface area contributed by atoms with Crippen molar-refractivity contribution in [1.29, 1.82) is 5.26 Å². The van der Waals surface area contributed by atoms with Gasteiger partial charge in [-0.15, -0.1) is 0 Å². The van der Waals surface area contributed by atoms with Gasteiger partial charge in [-0.3, -0.25) is 0 Å². The fourth-order valence-corrected chi connectivity index (χ4v) is 9.44. The van der Waals surface area contributed by atoms with Crippen LogP contribution in [0.2, 0.25) is 0 Å². The Hall–Kier alpha value is -4.41. The van der Waals surface area contributed by atoms with Crippen molar-refractivity contribution in [3.63, 3.8) is 0 Å². The second-order valence-electron chi connectivity index (χ2n) is 13.1. The van der Waals surface area contributed by atoms with E-state index in [2.05, 4.69) is 129 Å². The lowest BCUT2D eigenvalue weighted by Gasteiger charge is -2.40. The summed E-state index contributed by atoms with van der Waals surface area (Å²) in [5.41, 5.74) is 8.23. The second kappa shape index (κ2) is 8.08. The lowest BCUT2D eigenvalue weighted by atomic mass is 9.62. The standard InChI is InChI=1S/C40H31N/c1-40(2,22-41)39-31-20-8-14-25-13-7-19-30(35(25)31)38(39)37-29-18-6-12-24-11-5-17-28(34(24)29)36(37)32-21-26-15-3-9-23-10-4-16-27(32)33(23)26/h3-20,32,36-39H,21H2,1-2H3/t32-,36+,37-,38+,39-/m0/s1. The summed E-state index contributed by atoms with van der Waals surface area (Å²) in [6.07, 6.45) is 1.07. The van der Waals surface area contributed by atoms with Gasteiger partial charge in [-0.2, -0.15) is 5.26 Å². The third-order valence-corrected chi connectivity index (χ3v) is 10.8. The van der Waals surface area contributed by atoms with Gasteiger partial charge < -0.3 is 0 Å². The Bertz CT molecular complexity index is 2090. The van der Waals surface area contributed by atoms with E-state index in [9.17, 15) is 5.26 Å². The van der Waals surface area contributed by atoms with Crippen molar-refractivity contribution in [3.05, 3.63) is 143 Å². The first kappa shape index (κ1) is 23.3. The van der Waals surface area contributed by atoms with Crippen LogP contribution >= 0.6 is 0 Å². The molecule has 0 amide bonds.